The summed E-state index contributed by atoms with van der Waals surface area (Å²) >= 11 is 12.2. The van der Waals surface area contributed by atoms with E-state index in [2.05, 4.69) is 4.98 Å². The van der Waals surface area contributed by atoms with Crippen LogP contribution in [0.15, 0.2) is 30.7 Å². The number of nitrogens with zero attached hydrogens (tertiary/aromatic N) is 2. The zero-order chi connectivity index (χ0) is 14.7. The first-order valence-electron chi connectivity index (χ1n) is 5.89. The van der Waals surface area contributed by atoms with Crippen molar-refractivity contribution in [3.05, 3.63) is 52.0 Å². The number of rotatable bonds is 5. The number of halogens is 2. The lowest BCUT2D eigenvalue weighted by Gasteiger charge is -2.07. The van der Waals surface area contributed by atoms with E-state index >= 15 is 0 Å². The van der Waals surface area contributed by atoms with Crippen LogP contribution < -0.4 is 5.73 Å². The fraction of sp³-hybridized carbons (Fsp3) is 0.231. The predicted octanol–water partition coefficient (Wildman–Crippen LogP) is 2.19. The molecule has 0 aliphatic heterocycles. The van der Waals surface area contributed by atoms with Gasteiger partial charge in [-0.3, -0.25) is 4.79 Å². The number of hydrogen-bond donors (Lipinski definition) is 2. The average Bonchev–Trinajstić information content (AvgIpc) is 2.81. The Morgan fingerprint density at radius 1 is 1.40 bits per heavy atom. The van der Waals surface area contributed by atoms with Crippen LogP contribution in [0.3, 0.4) is 0 Å². The first-order valence-corrected chi connectivity index (χ1v) is 6.65. The van der Waals surface area contributed by atoms with Crippen molar-refractivity contribution in [1.82, 2.24) is 9.55 Å². The van der Waals surface area contributed by atoms with E-state index in [-0.39, 0.29) is 6.42 Å². The van der Waals surface area contributed by atoms with E-state index in [9.17, 15) is 4.79 Å². The Morgan fingerprint density at radius 3 is 2.65 bits per heavy atom. The number of carbonyl (C=O) groups is 1. The number of nitrogens with two attached hydrogens (primary N) is 1. The number of hydrogen-bond acceptors (Lipinski definition) is 3. The fourth-order valence-electron chi connectivity index (χ4n) is 1.78. The van der Waals surface area contributed by atoms with Gasteiger partial charge in [0, 0.05) is 28.2 Å². The summed E-state index contributed by atoms with van der Waals surface area (Å²) in [4.78, 5) is 14.8. The van der Waals surface area contributed by atoms with Crippen LogP contribution in [0.4, 0.5) is 0 Å². The SMILES string of the molecule is N[C@@H](Cc1cn(Cc2c(Cl)cccc2Cl)cn1)C(=O)O. The Bertz CT molecular complexity index is 608. The van der Waals surface area contributed by atoms with Gasteiger partial charge in [0.15, 0.2) is 0 Å². The van der Waals surface area contributed by atoms with E-state index in [1.54, 1.807) is 35.3 Å². The molecule has 2 aromatic rings. The molecule has 0 aliphatic carbocycles. The van der Waals surface area contributed by atoms with Crippen LogP contribution in [-0.2, 0) is 17.8 Å². The molecule has 3 N–H and O–H groups in total. The molecule has 0 aliphatic rings. The molecule has 0 spiro atoms. The third kappa shape index (κ3) is 3.50. The minimum atomic E-state index is -1.05. The van der Waals surface area contributed by atoms with Crippen molar-refractivity contribution in [1.29, 1.82) is 0 Å². The Kier molecular flexibility index (Phi) is 4.65. The van der Waals surface area contributed by atoms with Gasteiger partial charge in [-0.2, -0.15) is 0 Å². The second-order valence-corrected chi connectivity index (χ2v) is 5.20. The molecule has 0 radical (unpaired) electrons. The third-order valence-corrected chi connectivity index (χ3v) is 3.54. The number of imidazole rings is 1. The first kappa shape index (κ1) is 14.8. The molecule has 5 nitrogen and oxygen atoms in total. The molecule has 20 heavy (non-hydrogen) atoms. The number of carboxylic acid groups (broad SMARTS) is 1. The molecule has 0 bridgehead atoms. The first-order chi connectivity index (χ1) is 9.47. The van der Waals surface area contributed by atoms with E-state index in [0.29, 0.717) is 22.3 Å². The van der Waals surface area contributed by atoms with Crippen LogP contribution >= 0.6 is 23.2 Å². The summed E-state index contributed by atoms with van der Waals surface area (Å²) in [7, 11) is 0. The summed E-state index contributed by atoms with van der Waals surface area (Å²) in [5.74, 6) is -1.05. The van der Waals surface area contributed by atoms with Crippen LogP contribution in [-0.4, -0.2) is 26.7 Å². The summed E-state index contributed by atoms with van der Waals surface area (Å²) in [5, 5.41) is 9.92. The van der Waals surface area contributed by atoms with E-state index in [0.717, 1.165) is 5.56 Å². The van der Waals surface area contributed by atoms with Crippen molar-refractivity contribution in [2.45, 2.75) is 19.0 Å². The number of aromatic nitrogens is 2. The molecule has 7 heteroatoms. The second-order valence-electron chi connectivity index (χ2n) is 4.39. The zero-order valence-corrected chi connectivity index (χ0v) is 12.0. The molecular weight excluding hydrogens is 301 g/mol. The third-order valence-electron chi connectivity index (χ3n) is 2.84. The molecule has 0 unspecified atom stereocenters. The van der Waals surface area contributed by atoms with Crippen LogP contribution in [0.5, 0.6) is 0 Å². The lowest BCUT2D eigenvalue weighted by Crippen LogP contribution is -2.32. The summed E-state index contributed by atoms with van der Waals surface area (Å²) in [6, 6.07) is 4.35. The Labute approximate surface area is 125 Å². The summed E-state index contributed by atoms with van der Waals surface area (Å²) in [6.45, 7) is 0.466. The van der Waals surface area contributed by atoms with Gasteiger partial charge < -0.3 is 15.4 Å². The van der Waals surface area contributed by atoms with E-state index in [4.69, 9.17) is 34.0 Å². The molecule has 0 saturated carbocycles. The highest BCUT2D eigenvalue weighted by molar-refractivity contribution is 6.35. The summed E-state index contributed by atoms with van der Waals surface area (Å²) in [6.07, 6.45) is 3.52. The average molecular weight is 314 g/mol. The molecule has 0 amide bonds. The highest BCUT2D eigenvalue weighted by atomic mass is 35.5. The summed E-state index contributed by atoms with van der Waals surface area (Å²) < 4.78 is 1.79. The van der Waals surface area contributed by atoms with Crippen molar-refractivity contribution in [3.63, 3.8) is 0 Å². The van der Waals surface area contributed by atoms with Gasteiger partial charge >= 0.3 is 5.97 Å². The largest absolute Gasteiger partial charge is 0.480 e. The summed E-state index contributed by atoms with van der Waals surface area (Å²) in [5.41, 5.74) is 6.88. The van der Waals surface area contributed by atoms with Gasteiger partial charge in [0.1, 0.15) is 6.04 Å². The van der Waals surface area contributed by atoms with Crippen molar-refractivity contribution < 1.29 is 9.90 Å². The Morgan fingerprint density at radius 2 is 2.05 bits per heavy atom. The van der Waals surface area contributed by atoms with Crippen molar-refractivity contribution in [2.24, 2.45) is 5.73 Å². The van der Waals surface area contributed by atoms with Crippen LogP contribution in [0.25, 0.3) is 0 Å². The van der Waals surface area contributed by atoms with E-state index in [1.807, 2.05) is 0 Å². The molecule has 0 saturated heterocycles. The minimum absolute atomic E-state index is 0.179. The molecule has 1 atom stereocenters. The lowest BCUT2D eigenvalue weighted by molar-refractivity contribution is -0.138. The van der Waals surface area contributed by atoms with Gasteiger partial charge in [0.05, 0.1) is 18.6 Å². The van der Waals surface area contributed by atoms with E-state index in [1.165, 1.54) is 0 Å². The monoisotopic (exact) mass is 313 g/mol. The maximum Gasteiger partial charge on any atom is 0.320 e. The van der Waals surface area contributed by atoms with E-state index < -0.39 is 12.0 Å². The van der Waals surface area contributed by atoms with Gasteiger partial charge in [0.2, 0.25) is 0 Å². The molecule has 1 aromatic heterocycles. The van der Waals surface area contributed by atoms with Gasteiger partial charge in [0.25, 0.3) is 0 Å². The number of carboxylic acids is 1. The van der Waals surface area contributed by atoms with Gasteiger partial charge in [-0.15, -0.1) is 0 Å². The van der Waals surface area contributed by atoms with Crippen LogP contribution in [0.1, 0.15) is 11.3 Å². The Hall–Kier alpha value is -1.56. The molecular formula is C13H13Cl2N3O2. The highest BCUT2D eigenvalue weighted by Gasteiger charge is 2.14. The molecule has 0 fully saturated rings. The maximum absolute atomic E-state index is 10.7. The highest BCUT2D eigenvalue weighted by Crippen LogP contribution is 2.25. The quantitative estimate of drug-likeness (QED) is 0.886. The van der Waals surface area contributed by atoms with Gasteiger partial charge in [-0.25, -0.2) is 4.98 Å². The number of benzene rings is 1. The minimum Gasteiger partial charge on any atom is -0.480 e. The standard InChI is InChI=1S/C13H13Cl2N3O2/c14-10-2-1-3-11(15)9(10)6-18-5-8(17-7-18)4-12(16)13(19)20/h1-3,5,7,12H,4,6,16H2,(H,19,20)/t12-/m0/s1. The lowest BCUT2D eigenvalue weighted by atomic mass is 10.2. The van der Waals surface area contributed by atoms with Crippen molar-refractivity contribution in [3.8, 4) is 0 Å². The van der Waals surface area contributed by atoms with Crippen molar-refractivity contribution >= 4 is 29.2 Å². The predicted molar refractivity (Wildman–Crippen MR) is 77.1 cm³/mol. The topological polar surface area (TPSA) is 81.1 Å². The molecule has 1 heterocycles. The number of aliphatic carboxylic acids is 1. The van der Waals surface area contributed by atoms with Crippen LogP contribution in [0.2, 0.25) is 10.0 Å². The molecule has 106 valence electrons. The molecule has 2 rings (SSSR count). The normalized spacial score (nSPS) is 12.3. The fourth-order valence-corrected chi connectivity index (χ4v) is 2.29. The smallest absolute Gasteiger partial charge is 0.320 e. The van der Waals surface area contributed by atoms with Crippen LogP contribution in [0, 0.1) is 0 Å². The maximum atomic E-state index is 10.7. The van der Waals surface area contributed by atoms with Gasteiger partial charge in [-0.1, -0.05) is 29.3 Å². The van der Waals surface area contributed by atoms with Gasteiger partial charge in [-0.05, 0) is 12.1 Å². The Balaban J connectivity index is 2.12. The second kappa shape index (κ2) is 6.26. The molecule has 1 aromatic carbocycles. The zero-order valence-electron chi connectivity index (χ0n) is 10.5. The van der Waals surface area contributed by atoms with Crippen molar-refractivity contribution in [2.75, 3.05) is 0 Å².